The van der Waals surface area contributed by atoms with Gasteiger partial charge in [0, 0.05) is 22.8 Å². The second kappa shape index (κ2) is 6.61. The Morgan fingerprint density at radius 1 is 0.938 bits per heavy atom. The molecule has 3 aromatic carbocycles. The normalized spacial score (nSPS) is 17.8. The summed E-state index contributed by atoms with van der Waals surface area (Å²) in [6.45, 7) is 2.49. The first-order valence-corrected chi connectivity index (χ1v) is 10.1. The van der Waals surface area contributed by atoms with Crippen LogP contribution in [0.2, 0.25) is 0 Å². The number of benzene rings is 3. The molecule has 2 N–H and O–H groups in total. The molecule has 0 saturated carbocycles. The van der Waals surface area contributed by atoms with Gasteiger partial charge in [0.15, 0.2) is 22.9 Å². The number of rotatable bonds is 2. The smallest absolute Gasteiger partial charge is 0.340 e. The molecule has 5 rings (SSSR count). The molecule has 0 aliphatic carbocycles. The Hall–Kier alpha value is -3.78. The van der Waals surface area contributed by atoms with Crippen molar-refractivity contribution >= 4 is 30.2 Å². The Morgan fingerprint density at radius 3 is 2.31 bits per heavy atom. The summed E-state index contributed by atoms with van der Waals surface area (Å²) in [5, 5.41) is 20.8. The summed E-state index contributed by atoms with van der Waals surface area (Å²) < 4.78 is 12.0. The lowest BCUT2D eigenvalue weighted by Crippen LogP contribution is -2.35. The van der Waals surface area contributed by atoms with Crippen LogP contribution in [0.15, 0.2) is 47.4 Å². The van der Waals surface area contributed by atoms with Crippen LogP contribution in [0.5, 0.6) is 23.0 Å². The SMILES string of the molecule is CC(=O)c1c(O)cc2c(c1C(C)=O)C1(OC(=O)c3ccccc31)c1ccc(O)c(S)c1O2. The third kappa shape index (κ3) is 2.41. The van der Waals surface area contributed by atoms with Crippen molar-refractivity contribution in [2.75, 3.05) is 0 Å². The zero-order valence-electron chi connectivity index (χ0n) is 16.9. The lowest BCUT2D eigenvalue weighted by Gasteiger charge is -2.38. The van der Waals surface area contributed by atoms with Gasteiger partial charge in [-0.25, -0.2) is 4.79 Å². The fourth-order valence-corrected chi connectivity index (χ4v) is 4.81. The van der Waals surface area contributed by atoms with Gasteiger partial charge in [-0.05, 0) is 32.0 Å². The molecule has 0 fully saturated rings. The summed E-state index contributed by atoms with van der Waals surface area (Å²) in [4.78, 5) is 38.3. The van der Waals surface area contributed by atoms with Gasteiger partial charge in [-0.1, -0.05) is 18.2 Å². The summed E-state index contributed by atoms with van der Waals surface area (Å²) in [5.74, 6) is -2.17. The Morgan fingerprint density at radius 2 is 1.62 bits per heavy atom. The second-order valence-corrected chi connectivity index (χ2v) is 8.11. The third-order valence-electron chi connectivity index (χ3n) is 5.80. The average molecular weight is 448 g/mol. The fourth-order valence-electron chi connectivity index (χ4n) is 4.57. The molecule has 7 nitrogen and oxygen atoms in total. The van der Waals surface area contributed by atoms with E-state index in [0.29, 0.717) is 11.1 Å². The number of aromatic hydroxyl groups is 2. The summed E-state index contributed by atoms with van der Waals surface area (Å²) >= 11 is 4.36. The minimum Gasteiger partial charge on any atom is -0.507 e. The first-order valence-electron chi connectivity index (χ1n) is 9.67. The molecule has 8 heteroatoms. The van der Waals surface area contributed by atoms with Crippen LogP contribution in [0.4, 0.5) is 0 Å². The summed E-state index contributed by atoms with van der Waals surface area (Å²) in [6, 6.07) is 10.8. The number of esters is 1. The topological polar surface area (TPSA) is 110 Å². The van der Waals surface area contributed by atoms with E-state index in [4.69, 9.17) is 9.47 Å². The molecule has 0 bridgehead atoms. The van der Waals surface area contributed by atoms with Gasteiger partial charge in [-0.2, -0.15) is 0 Å². The van der Waals surface area contributed by atoms with E-state index in [1.54, 1.807) is 24.3 Å². The van der Waals surface area contributed by atoms with Crippen molar-refractivity contribution in [3.63, 3.8) is 0 Å². The van der Waals surface area contributed by atoms with Gasteiger partial charge in [0.1, 0.15) is 17.2 Å². The van der Waals surface area contributed by atoms with Crippen molar-refractivity contribution in [3.8, 4) is 23.0 Å². The van der Waals surface area contributed by atoms with Crippen LogP contribution in [0.25, 0.3) is 0 Å². The predicted molar refractivity (Wildman–Crippen MR) is 115 cm³/mol. The highest BCUT2D eigenvalue weighted by Gasteiger charge is 2.56. The highest BCUT2D eigenvalue weighted by molar-refractivity contribution is 7.80. The zero-order valence-corrected chi connectivity index (χ0v) is 17.8. The molecular formula is C24H16O7S. The second-order valence-electron chi connectivity index (χ2n) is 7.66. The Labute approximate surface area is 187 Å². The van der Waals surface area contributed by atoms with Gasteiger partial charge in [-0.3, -0.25) is 9.59 Å². The van der Waals surface area contributed by atoms with E-state index >= 15 is 0 Å². The van der Waals surface area contributed by atoms with Gasteiger partial charge in [-0.15, -0.1) is 12.6 Å². The van der Waals surface area contributed by atoms with Gasteiger partial charge >= 0.3 is 5.97 Å². The number of hydrogen-bond donors (Lipinski definition) is 3. The molecule has 1 spiro atoms. The van der Waals surface area contributed by atoms with E-state index < -0.39 is 28.9 Å². The molecule has 3 aromatic rings. The van der Waals surface area contributed by atoms with Crippen LogP contribution >= 0.6 is 12.6 Å². The number of hydrogen-bond acceptors (Lipinski definition) is 8. The number of phenols is 2. The molecular weight excluding hydrogens is 432 g/mol. The molecule has 0 radical (unpaired) electrons. The highest BCUT2D eigenvalue weighted by atomic mass is 32.1. The van der Waals surface area contributed by atoms with E-state index in [0.717, 1.165) is 0 Å². The van der Waals surface area contributed by atoms with E-state index in [1.807, 2.05) is 0 Å². The molecule has 1 atom stereocenters. The zero-order chi connectivity index (χ0) is 22.9. The third-order valence-corrected chi connectivity index (χ3v) is 6.23. The highest BCUT2D eigenvalue weighted by Crippen LogP contribution is 2.60. The molecule has 0 aromatic heterocycles. The number of fused-ring (bicyclic) bond motifs is 6. The van der Waals surface area contributed by atoms with Gasteiger partial charge in [0.2, 0.25) is 0 Å². The van der Waals surface area contributed by atoms with Crippen LogP contribution in [-0.4, -0.2) is 27.7 Å². The van der Waals surface area contributed by atoms with E-state index in [1.165, 1.54) is 32.0 Å². The predicted octanol–water partition coefficient (Wildman–Crippen LogP) is 4.36. The van der Waals surface area contributed by atoms with Crippen molar-refractivity contribution in [1.82, 2.24) is 0 Å². The molecule has 2 aliphatic rings. The molecule has 32 heavy (non-hydrogen) atoms. The molecule has 2 aliphatic heterocycles. The van der Waals surface area contributed by atoms with Crippen molar-refractivity contribution in [2.24, 2.45) is 0 Å². The maximum atomic E-state index is 12.9. The van der Waals surface area contributed by atoms with Crippen LogP contribution in [0.3, 0.4) is 0 Å². The number of Topliss-reactive ketones (excluding diaryl/α,β-unsaturated/α-hetero) is 2. The Kier molecular flexibility index (Phi) is 4.16. The lowest BCUT2D eigenvalue weighted by molar-refractivity contribution is 0.0218. The van der Waals surface area contributed by atoms with E-state index in [9.17, 15) is 24.6 Å². The minimum atomic E-state index is -1.65. The number of carbonyl (C=O) groups excluding carboxylic acids is 3. The first-order chi connectivity index (χ1) is 15.2. The van der Waals surface area contributed by atoms with Crippen molar-refractivity contribution in [2.45, 2.75) is 24.3 Å². The number of phenolic OH excluding ortho intramolecular Hbond substituents is 2. The largest absolute Gasteiger partial charge is 0.507 e. The monoisotopic (exact) mass is 448 g/mol. The quantitative estimate of drug-likeness (QED) is 0.304. The Bertz CT molecular complexity index is 1390. The summed E-state index contributed by atoms with van der Waals surface area (Å²) in [7, 11) is 0. The van der Waals surface area contributed by atoms with Gasteiger partial charge < -0.3 is 19.7 Å². The molecule has 1 unspecified atom stereocenters. The number of ketones is 2. The number of thiol groups is 1. The van der Waals surface area contributed by atoms with Crippen molar-refractivity contribution < 1.29 is 34.1 Å². The standard InChI is InChI=1S/C24H16O7S/c1-10(25)18-16(28)9-17-20(19(18)11(2)26)24(13-6-4-3-5-12(13)23(29)31-24)14-7-8-15(27)22(32)21(14)30-17/h3-9,27-28,32H,1-2H3. The first kappa shape index (κ1) is 20.1. The summed E-state index contributed by atoms with van der Waals surface area (Å²) in [5.41, 5.74) is -0.750. The van der Waals surface area contributed by atoms with E-state index in [2.05, 4.69) is 12.6 Å². The molecule has 0 saturated heterocycles. The summed E-state index contributed by atoms with van der Waals surface area (Å²) in [6.07, 6.45) is 0. The fraction of sp³-hybridized carbons (Fsp3) is 0.125. The van der Waals surface area contributed by atoms with Crippen LogP contribution in [0, 0.1) is 0 Å². The molecule has 160 valence electrons. The van der Waals surface area contributed by atoms with Crippen LogP contribution in [0.1, 0.15) is 61.6 Å². The minimum absolute atomic E-state index is 0.00982. The van der Waals surface area contributed by atoms with Crippen LogP contribution < -0.4 is 4.74 Å². The molecule has 2 heterocycles. The molecule has 0 amide bonds. The van der Waals surface area contributed by atoms with Gasteiger partial charge in [0.25, 0.3) is 0 Å². The maximum Gasteiger partial charge on any atom is 0.340 e. The number of ether oxygens (including phenoxy) is 2. The Balaban J connectivity index is 2.03. The van der Waals surface area contributed by atoms with Crippen molar-refractivity contribution in [3.05, 3.63) is 75.8 Å². The van der Waals surface area contributed by atoms with Gasteiger partial charge in [0.05, 0.1) is 21.6 Å². The number of carbonyl (C=O) groups is 3. The lowest BCUT2D eigenvalue weighted by atomic mass is 9.74. The van der Waals surface area contributed by atoms with E-state index in [-0.39, 0.29) is 44.4 Å². The maximum absolute atomic E-state index is 12.9. The van der Waals surface area contributed by atoms with Crippen LogP contribution in [-0.2, 0) is 10.3 Å². The average Bonchev–Trinajstić information content (AvgIpc) is 3.03. The van der Waals surface area contributed by atoms with Crippen molar-refractivity contribution in [1.29, 1.82) is 0 Å².